The number of rotatable bonds is 11. The van der Waals surface area contributed by atoms with Crippen molar-refractivity contribution in [2.75, 3.05) is 0 Å². The molecule has 0 N–H and O–H groups in total. The summed E-state index contributed by atoms with van der Waals surface area (Å²) in [5, 5.41) is 7.40. The van der Waals surface area contributed by atoms with E-state index >= 15 is 0 Å². The van der Waals surface area contributed by atoms with Gasteiger partial charge in [-0.1, -0.05) is 176 Å². The summed E-state index contributed by atoms with van der Waals surface area (Å²) in [6, 6.07) is 125. The van der Waals surface area contributed by atoms with Crippen LogP contribution < -0.4 is 0 Å². The van der Waals surface area contributed by atoms with Gasteiger partial charge in [0.25, 0.3) is 0 Å². The fourth-order valence-electron chi connectivity index (χ4n) is 13.4. The quantitative estimate of drug-likeness (QED) is 0.123. The van der Waals surface area contributed by atoms with E-state index in [-0.39, 0.29) is 0 Å². The van der Waals surface area contributed by atoms with Gasteiger partial charge < -0.3 is 13.7 Å². The molecule has 0 unspecified atom stereocenters. The minimum absolute atomic E-state index is 1.12. The second-order valence-electron chi connectivity index (χ2n) is 21.2. The van der Waals surface area contributed by atoms with Gasteiger partial charge in [0.2, 0.25) is 0 Å². The van der Waals surface area contributed by atoms with E-state index in [1.165, 1.54) is 99.1 Å². The fraction of sp³-hybridized carbons (Fsp3) is 0. The lowest BCUT2D eigenvalue weighted by molar-refractivity contribution is 1.14. The van der Waals surface area contributed by atoms with E-state index < -0.39 is 20.1 Å². The van der Waals surface area contributed by atoms with Gasteiger partial charge in [-0.3, -0.25) is 0 Å². The third-order valence-electron chi connectivity index (χ3n) is 16.8. The lowest BCUT2D eigenvalue weighted by Gasteiger charge is -2.42. The molecule has 0 aliphatic rings. The van der Waals surface area contributed by atoms with Crippen molar-refractivity contribution in [2.45, 2.75) is 39.2 Å². The van der Waals surface area contributed by atoms with Gasteiger partial charge in [-0.05, 0) is 158 Å². The Balaban J connectivity index is 0.914. The molecule has 0 bridgehead atoms. The largest absolute Gasteiger partial charge is 0.309 e. The molecule has 83 heavy (non-hydrogen) atoms. The van der Waals surface area contributed by atoms with Gasteiger partial charge in [0.15, 0.2) is 0 Å². The Morgan fingerprint density at radius 3 is 1.06 bits per heavy atom. The van der Waals surface area contributed by atoms with Crippen LogP contribution in [0.15, 0.2) is 373 Å². The Hall–Kier alpha value is -10.0. The minimum atomic E-state index is -2.12. The predicted molar refractivity (Wildman–Crippen MR) is 349 cm³/mol. The lowest BCUT2D eigenvalue weighted by Crippen LogP contribution is -2.06. The summed E-state index contributed by atoms with van der Waals surface area (Å²) in [4.78, 5) is 10.4. The second-order valence-corrected chi connectivity index (χ2v) is 27.4. The molecule has 0 radical (unpaired) electrons. The van der Waals surface area contributed by atoms with Crippen molar-refractivity contribution in [3.05, 3.63) is 334 Å². The smallest absolute Gasteiger partial charge is 0.0552 e. The summed E-state index contributed by atoms with van der Waals surface area (Å²) in [7, 11) is -4.12. The Morgan fingerprint density at radius 1 is 0.181 bits per heavy atom. The zero-order valence-corrected chi connectivity index (χ0v) is 47.0. The van der Waals surface area contributed by atoms with Gasteiger partial charge in [-0.2, -0.15) is 0 Å². The normalized spacial score (nSPS) is 12.5. The Bertz CT molecular complexity index is 4930. The Labute approximate surface area is 485 Å². The van der Waals surface area contributed by atoms with Crippen molar-refractivity contribution in [2.24, 2.45) is 0 Å². The topological polar surface area (TPSA) is 14.8 Å². The molecule has 0 saturated heterocycles. The molecule has 0 spiro atoms. The summed E-state index contributed by atoms with van der Waals surface area (Å²) in [6.07, 6.45) is 0. The van der Waals surface area contributed by atoms with E-state index in [9.17, 15) is 0 Å². The minimum Gasteiger partial charge on any atom is -0.309 e. The highest BCUT2D eigenvalue weighted by molar-refractivity contribution is 8.34. The molecule has 3 aromatic heterocycles. The third-order valence-corrected chi connectivity index (χ3v) is 24.6. The summed E-state index contributed by atoms with van der Waals surface area (Å²) in [6.45, 7) is 0. The van der Waals surface area contributed by atoms with Crippen LogP contribution in [0, 0.1) is 0 Å². The summed E-state index contributed by atoms with van der Waals surface area (Å²) >= 11 is 0. The molecule has 394 valence electrons. The van der Waals surface area contributed by atoms with Gasteiger partial charge in [0, 0.05) is 88.5 Å². The van der Waals surface area contributed by atoms with E-state index in [0.717, 1.165) is 22.6 Å². The number of nitrogens with zero attached hydrogens (tertiary/aromatic N) is 3. The molecular weight excluding hydrogens is 1040 g/mol. The van der Waals surface area contributed by atoms with Crippen LogP contribution in [0.2, 0.25) is 0 Å². The van der Waals surface area contributed by atoms with Crippen LogP contribution in [0.4, 0.5) is 0 Å². The van der Waals surface area contributed by atoms with Crippen molar-refractivity contribution in [1.82, 2.24) is 13.7 Å². The summed E-state index contributed by atoms with van der Waals surface area (Å²) < 4.78 is 7.42. The number of fused-ring (bicyclic) bond motifs is 9. The maximum Gasteiger partial charge on any atom is 0.0552 e. The molecule has 0 fully saturated rings. The number of benzene rings is 13. The zero-order chi connectivity index (χ0) is 54.9. The highest BCUT2D eigenvalue weighted by atomic mass is 32.3. The molecule has 16 aromatic rings. The van der Waals surface area contributed by atoms with E-state index in [2.05, 4.69) is 347 Å². The SMILES string of the molecule is c1ccc(-n2c3ccccc3c3cc(S(c4ccccc4)(c4ccccc4)c4cccc(-n5c6ccccc6c6cc(-n7c8ccccc8c8c(S(c9ccccc9)(c9ccccc9)c9ccccc9)cccc87)ccc65)c4)ccc32)cc1. The first-order valence-corrected chi connectivity index (χ1v) is 31.6. The van der Waals surface area contributed by atoms with Gasteiger partial charge in [0.05, 0.1) is 33.1 Å². The van der Waals surface area contributed by atoms with Crippen LogP contribution in [0.3, 0.4) is 0 Å². The van der Waals surface area contributed by atoms with E-state index in [0.29, 0.717) is 0 Å². The monoisotopic (exact) mass is 1100 g/mol. The molecule has 0 aliphatic carbocycles. The first-order valence-electron chi connectivity index (χ1n) is 28.4. The first-order chi connectivity index (χ1) is 41.2. The molecule has 3 nitrogen and oxygen atoms in total. The third kappa shape index (κ3) is 7.48. The van der Waals surface area contributed by atoms with Crippen molar-refractivity contribution in [3.8, 4) is 17.1 Å². The maximum absolute atomic E-state index is 2.51. The summed E-state index contributed by atoms with van der Waals surface area (Å²) in [5.74, 6) is 0. The molecule has 3 heterocycles. The van der Waals surface area contributed by atoms with Gasteiger partial charge in [0.1, 0.15) is 0 Å². The molecule has 0 aliphatic heterocycles. The highest BCUT2D eigenvalue weighted by Crippen LogP contribution is 2.76. The summed E-state index contributed by atoms with van der Waals surface area (Å²) in [5.41, 5.74) is 10.5. The van der Waals surface area contributed by atoms with Crippen LogP contribution in [0.1, 0.15) is 0 Å². The number of hydrogen-bond acceptors (Lipinski definition) is 0. The van der Waals surface area contributed by atoms with E-state index in [4.69, 9.17) is 0 Å². The van der Waals surface area contributed by atoms with Crippen LogP contribution in [0.25, 0.3) is 82.5 Å². The van der Waals surface area contributed by atoms with E-state index in [1.807, 2.05) is 0 Å². The maximum atomic E-state index is 2.51. The van der Waals surface area contributed by atoms with Crippen LogP contribution in [0.5, 0.6) is 0 Å². The average Bonchev–Trinajstić information content (AvgIpc) is 4.36. The predicted octanol–water partition coefficient (Wildman–Crippen LogP) is 21.7. The molecular formula is C78H55N3S2. The molecule has 13 aromatic carbocycles. The number of hydrogen-bond donors (Lipinski definition) is 0. The van der Waals surface area contributed by atoms with Crippen LogP contribution >= 0.6 is 20.1 Å². The van der Waals surface area contributed by atoms with Crippen molar-refractivity contribution >= 4 is 85.5 Å². The zero-order valence-electron chi connectivity index (χ0n) is 45.4. The fourth-order valence-corrected chi connectivity index (χ4v) is 21.4. The van der Waals surface area contributed by atoms with Crippen molar-refractivity contribution in [3.63, 3.8) is 0 Å². The molecule has 5 heteroatoms. The lowest BCUT2D eigenvalue weighted by atomic mass is 10.1. The van der Waals surface area contributed by atoms with Gasteiger partial charge in [-0.25, -0.2) is 0 Å². The Kier molecular flexibility index (Phi) is 11.7. The standard InChI is InChI=1S/C78H55N3S2/c1-7-27-56(28-8-1)79-71-44-22-20-42-67(71)70-55-65(50-52-75(70)79)82(59-30-9-2-10-31-59,60-32-11-3-12-33-60)64-40-25-29-57(53-64)80-72-45-23-19-41-66(72)69-54-58(49-51-74(69)80)81-73-46-24-21-43-68(73)78-76(81)47-26-48-77(78)83(61-34-13-4-14-35-61,62-36-15-5-16-37-62)63-38-17-6-18-39-63/h1-55H. The molecule has 0 saturated carbocycles. The van der Waals surface area contributed by atoms with Gasteiger partial charge in [-0.15, -0.1) is 20.1 Å². The first kappa shape index (κ1) is 48.8. The molecule has 0 amide bonds. The second kappa shape index (κ2) is 19.9. The Morgan fingerprint density at radius 2 is 0.518 bits per heavy atom. The molecule has 0 atom stereocenters. The van der Waals surface area contributed by atoms with Crippen LogP contribution in [-0.2, 0) is 0 Å². The number of aromatic nitrogens is 3. The van der Waals surface area contributed by atoms with E-state index in [1.54, 1.807) is 0 Å². The average molecular weight is 1100 g/mol. The van der Waals surface area contributed by atoms with Crippen LogP contribution in [-0.4, -0.2) is 13.7 Å². The molecule has 16 rings (SSSR count). The van der Waals surface area contributed by atoms with Crippen molar-refractivity contribution in [1.29, 1.82) is 0 Å². The van der Waals surface area contributed by atoms with Gasteiger partial charge >= 0.3 is 0 Å². The highest BCUT2D eigenvalue weighted by Gasteiger charge is 2.37. The van der Waals surface area contributed by atoms with Crippen molar-refractivity contribution < 1.29 is 0 Å². The number of para-hydroxylation sites is 4.